The zero-order valence-corrected chi connectivity index (χ0v) is 15.6. The number of hydrogen-bond donors (Lipinski definition) is 2. The van der Waals surface area contributed by atoms with Crippen molar-refractivity contribution in [2.45, 2.75) is 52.2 Å². The SMILES string of the molecule is CCOC(=O)CCNc1cccc(B2OC(C)(C)C(C)(C)O2)c1C=N. The molecule has 7 heteroatoms. The smallest absolute Gasteiger partial charge is 0.466 e. The summed E-state index contributed by atoms with van der Waals surface area (Å²) in [4.78, 5) is 11.5. The Morgan fingerprint density at radius 3 is 2.48 bits per heavy atom. The summed E-state index contributed by atoms with van der Waals surface area (Å²) in [5, 5.41) is 11.0. The van der Waals surface area contributed by atoms with Crippen LogP contribution < -0.4 is 10.8 Å². The molecular weight excluding hydrogens is 319 g/mol. The number of ether oxygens (including phenoxy) is 1. The van der Waals surface area contributed by atoms with Crippen LogP contribution in [0.1, 0.15) is 46.6 Å². The van der Waals surface area contributed by atoms with Crippen LogP contribution in [0.2, 0.25) is 0 Å². The Bertz CT molecular complexity index is 630. The van der Waals surface area contributed by atoms with Crippen LogP contribution in [0.5, 0.6) is 0 Å². The summed E-state index contributed by atoms with van der Waals surface area (Å²) in [6.07, 6.45) is 1.55. The van der Waals surface area contributed by atoms with Crippen LogP contribution in [0.4, 0.5) is 5.69 Å². The maximum absolute atomic E-state index is 11.5. The molecule has 0 aliphatic carbocycles. The van der Waals surface area contributed by atoms with Gasteiger partial charge in [-0.15, -0.1) is 0 Å². The van der Waals surface area contributed by atoms with Crippen molar-refractivity contribution in [3.63, 3.8) is 0 Å². The normalized spacial score (nSPS) is 18.0. The highest BCUT2D eigenvalue weighted by molar-refractivity contribution is 6.63. The Hall–Kier alpha value is -1.86. The summed E-state index contributed by atoms with van der Waals surface area (Å²) in [5.74, 6) is -0.242. The molecule has 1 heterocycles. The fraction of sp³-hybridized carbons (Fsp3) is 0.556. The molecule has 0 radical (unpaired) electrons. The van der Waals surface area contributed by atoms with Crippen LogP contribution >= 0.6 is 0 Å². The molecule has 0 unspecified atom stereocenters. The summed E-state index contributed by atoms with van der Waals surface area (Å²) < 4.78 is 17.1. The minimum atomic E-state index is -0.534. The lowest BCUT2D eigenvalue weighted by Gasteiger charge is -2.32. The molecule has 0 bridgehead atoms. The van der Waals surface area contributed by atoms with Crippen LogP contribution in [-0.2, 0) is 18.8 Å². The third-order valence-electron chi connectivity index (χ3n) is 4.74. The number of anilines is 1. The van der Waals surface area contributed by atoms with Crippen LogP contribution in [0.15, 0.2) is 18.2 Å². The molecule has 25 heavy (non-hydrogen) atoms. The summed E-state index contributed by atoms with van der Waals surface area (Å²) in [5.41, 5.74) is 1.39. The topological polar surface area (TPSA) is 80.6 Å². The highest BCUT2D eigenvalue weighted by Gasteiger charge is 2.52. The standard InChI is InChI=1S/C18H27BN2O4/c1-6-23-16(22)10-11-21-15-9-7-8-14(13(15)12-20)19-24-17(2,3)18(4,5)25-19/h7-9,12,20-21H,6,10-11H2,1-5H3. The maximum atomic E-state index is 11.5. The zero-order valence-electron chi connectivity index (χ0n) is 15.6. The van der Waals surface area contributed by atoms with Crippen molar-refractivity contribution in [3.05, 3.63) is 23.8 Å². The van der Waals surface area contributed by atoms with E-state index in [0.29, 0.717) is 18.7 Å². The van der Waals surface area contributed by atoms with E-state index in [2.05, 4.69) is 5.32 Å². The molecule has 1 fully saturated rings. The number of hydrogen-bond acceptors (Lipinski definition) is 6. The quantitative estimate of drug-likeness (QED) is 0.450. The second-order valence-electron chi connectivity index (χ2n) is 7.02. The Balaban J connectivity index is 2.16. The van der Waals surface area contributed by atoms with Gasteiger partial charge in [0.1, 0.15) is 0 Å². The molecule has 1 aromatic rings. The predicted octanol–water partition coefficient (Wildman–Crippen LogP) is 2.35. The Labute approximate surface area is 149 Å². The van der Waals surface area contributed by atoms with Gasteiger partial charge in [-0.25, -0.2) is 0 Å². The minimum absolute atomic E-state index is 0.242. The zero-order chi connectivity index (χ0) is 18.7. The molecule has 0 aromatic heterocycles. The third-order valence-corrected chi connectivity index (χ3v) is 4.74. The summed E-state index contributed by atoms with van der Waals surface area (Å²) in [6.45, 7) is 10.6. The first kappa shape index (κ1) is 19.5. The van der Waals surface area contributed by atoms with Gasteiger partial charge in [0.05, 0.1) is 24.2 Å². The molecule has 0 spiro atoms. The number of carbonyl (C=O) groups is 1. The molecule has 136 valence electrons. The molecule has 2 N–H and O–H groups in total. The second-order valence-corrected chi connectivity index (χ2v) is 7.02. The van der Waals surface area contributed by atoms with Crippen molar-refractivity contribution in [3.8, 4) is 0 Å². The first-order valence-electron chi connectivity index (χ1n) is 8.60. The van der Waals surface area contributed by atoms with Crippen LogP contribution in [0.25, 0.3) is 0 Å². The molecule has 6 nitrogen and oxygen atoms in total. The first-order valence-corrected chi connectivity index (χ1v) is 8.60. The monoisotopic (exact) mass is 346 g/mol. The number of carbonyl (C=O) groups excluding carboxylic acids is 1. The van der Waals surface area contributed by atoms with E-state index in [1.165, 1.54) is 6.21 Å². The average Bonchev–Trinajstić information content (AvgIpc) is 2.75. The van der Waals surface area contributed by atoms with Crippen molar-refractivity contribution in [2.75, 3.05) is 18.5 Å². The lowest BCUT2D eigenvalue weighted by Crippen LogP contribution is -2.41. The molecule has 2 rings (SSSR count). The maximum Gasteiger partial charge on any atom is 0.495 e. The Morgan fingerprint density at radius 2 is 1.92 bits per heavy atom. The highest BCUT2D eigenvalue weighted by Crippen LogP contribution is 2.36. The van der Waals surface area contributed by atoms with E-state index in [1.54, 1.807) is 6.92 Å². The van der Waals surface area contributed by atoms with E-state index >= 15 is 0 Å². The van der Waals surface area contributed by atoms with Gasteiger partial charge >= 0.3 is 13.1 Å². The number of esters is 1. The molecule has 1 aromatic carbocycles. The lowest BCUT2D eigenvalue weighted by molar-refractivity contribution is -0.142. The largest absolute Gasteiger partial charge is 0.495 e. The molecular formula is C18H27BN2O4. The minimum Gasteiger partial charge on any atom is -0.466 e. The van der Waals surface area contributed by atoms with Crippen molar-refractivity contribution in [1.82, 2.24) is 0 Å². The fourth-order valence-corrected chi connectivity index (χ4v) is 2.61. The number of rotatable bonds is 7. The average molecular weight is 346 g/mol. The van der Waals surface area contributed by atoms with E-state index in [1.807, 2.05) is 45.9 Å². The van der Waals surface area contributed by atoms with E-state index in [0.717, 1.165) is 11.2 Å². The van der Waals surface area contributed by atoms with Crippen molar-refractivity contribution >= 4 is 30.5 Å². The molecule has 0 saturated carbocycles. The summed E-state index contributed by atoms with van der Waals surface area (Å²) >= 11 is 0. The Morgan fingerprint density at radius 1 is 1.28 bits per heavy atom. The van der Waals surface area contributed by atoms with Gasteiger partial charge < -0.3 is 24.8 Å². The van der Waals surface area contributed by atoms with Crippen LogP contribution in [-0.4, -0.2) is 43.7 Å². The molecule has 0 amide bonds. The van der Waals surface area contributed by atoms with Gasteiger partial charge in [0, 0.05) is 24.0 Å². The Kier molecular flexibility index (Phi) is 5.90. The number of benzene rings is 1. The van der Waals surface area contributed by atoms with Gasteiger partial charge in [-0.1, -0.05) is 12.1 Å². The van der Waals surface area contributed by atoms with Gasteiger partial charge in [0.15, 0.2) is 0 Å². The van der Waals surface area contributed by atoms with E-state index < -0.39 is 18.3 Å². The van der Waals surface area contributed by atoms with Gasteiger partial charge in [0.25, 0.3) is 0 Å². The molecule has 1 aliphatic rings. The lowest BCUT2D eigenvalue weighted by atomic mass is 9.75. The van der Waals surface area contributed by atoms with Gasteiger partial charge in [-0.05, 0) is 46.1 Å². The highest BCUT2D eigenvalue weighted by atomic mass is 16.7. The van der Waals surface area contributed by atoms with Crippen molar-refractivity contribution in [1.29, 1.82) is 5.41 Å². The third kappa shape index (κ3) is 4.22. The van der Waals surface area contributed by atoms with Crippen molar-refractivity contribution in [2.24, 2.45) is 0 Å². The van der Waals surface area contributed by atoms with Crippen LogP contribution in [0, 0.1) is 5.41 Å². The van der Waals surface area contributed by atoms with Gasteiger partial charge in [-0.2, -0.15) is 0 Å². The summed E-state index contributed by atoms with van der Waals surface area (Å²) in [7, 11) is -0.534. The van der Waals surface area contributed by atoms with E-state index in [9.17, 15) is 4.79 Å². The predicted molar refractivity (Wildman–Crippen MR) is 99.8 cm³/mol. The molecule has 1 saturated heterocycles. The van der Waals surface area contributed by atoms with E-state index in [-0.39, 0.29) is 12.4 Å². The van der Waals surface area contributed by atoms with Gasteiger partial charge in [0.2, 0.25) is 0 Å². The van der Waals surface area contributed by atoms with Crippen LogP contribution in [0.3, 0.4) is 0 Å². The fourth-order valence-electron chi connectivity index (χ4n) is 2.61. The summed E-state index contributed by atoms with van der Waals surface area (Å²) in [6, 6.07) is 5.67. The first-order chi connectivity index (χ1) is 11.7. The number of nitrogens with one attached hydrogen (secondary N) is 2. The van der Waals surface area contributed by atoms with Gasteiger partial charge in [-0.3, -0.25) is 4.79 Å². The second kappa shape index (κ2) is 7.58. The molecule has 1 aliphatic heterocycles. The van der Waals surface area contributed by atoms with Crippen molar-refractivity contribution < 1.29 is 18.8 Å². The van der Waals surface area contributed by atoms with E-state index in [4.69, 9.17) is 19.5 Å². The molecule has 0 atom stereocenters.